The van der Waals surface area contributed by atoms with Crippen LogP contribution in [0.5, 0.6) is 0 Å². The number of aliphatic hydroxyl groups is 1. The minimum absolute atomic E-state index is 0.111. The number of likely N-dealkylation sites (N-methyl/N-ethyl adjacent to an activating group) is 1. The van der Waals surface area contributed by atoms with Gasteiger partial charge in [0, 0.05) is 18.0 Å². The Labute approximate surface area is 92.8 Å². The second kappa shape index (κ2) is 4.74. The average molecular weight is 229 g/mol. The first-order valence-corrected chi connectivity index (χ1v) is 5.46. The predicted molar refractivity (Wildman–Crippen MR) is 58.9 cm³/mol. The third-order valence-corrected chi connectivity index (χ3v) is 2.91. The largest absolute Gasteiger partial charge is 0.479 e. The molecule has 1 unspecified atom stereocenters. The Balaban J connectivity index is 2.49. The van der Waals surface area contributed by atoms with Crippen molar-refractivity contribution in [3.8, 4) is 0 Å². The number of carbonyl (C=O) groups is 1. The highest BCUT2D eigenvalue weighted by molar-refractivity contribution is 7.09. The molecule has 1 rings (SSSR count). The summed E-state index contributed by atoms with van der Waals surface area (Å²) in [5, 5.41) is 20.3. The van der Waals surface area contributed by atoms with Crippen molar-refractivity contribution < 1.29 is 15.0 Å². The number of hydrogen-bond acceptors (Lipinski definition) is 4. The molecule has 5 heteroatoms. The van der Waals surface area contributed by atoms with Gasteiger partial charge in [0.15, 0.2) is 5.60 Å². The van der Waals surface area contributed by atoms with Gasteiger partial charge < -0.3 is 10.2 Å². The van der Waals surface area contributed by atoms with Crippen LogP contribution in [0.4, 0.5) is 0 Å². The summed E-state index contributed by atoms with van der Waals surface area (Å²) in [7, 11) is 1.79. The average Bonchev–Trinajstić information content (AvgIpc) is 2.54. The molecule has 0 radical (unpaired) electrons. The lowest BCUT2D eigenvalue weighted by atomic mass is 10.1. The van der Waals surface area contributed by atoms with Crippen LogP contribution in [0.3, 0.4) is 0 Å². The third-order valence-electron chi connectivity index (χ3n) is 2.04. The van der Waals surface area contributed by atoms with Crippen LogP contribution in [0, 0.1) is 0 Å². The van der Waals surface area contributed by atoms with Gasteiger partial charge in [-0.2, -0.15) is 0 Å². The molecule has 0 saturated heterocycles. The van der Waals surface area contributed by atoms with Crippen molar-refractivity contribution >= 4 is 17.3 Å². The molecule has 0 bridgehead atoms. The van der Waals surface area contributed by atoms with E-state index in [1.807, 2.05) is 17.5 Å². The van der Waals surface area contributed by atoms with Crippen molar-refractivity contribution in [1.82, 2.24) is 4.90 Å². The molecule has 4 nitrogen and oxygen atoms in total. The molecule has 1 heterocycles. The van der Waals surface area contributed by atoms with E-state index in [2.05, 4.69) is 0 Å². The van der Waals surface area contributed by atoms with Crippen LogP contribution in [-0.4, -0.2) is 40.3 Å². The second-order valence-electron chi connectivity index (χ2n) is 3.83. The summed E-state index contributed by atoms with van der Waals surface area (Å²) in [4.78, 5) is 13.6. The van der Waals surface area contributed by atoms with E-state index in [0.29, 0.717) is 6.54 Å². The zero-order chi connectivity index (χ0) is 11.5. The first-order chi connectivity index (χ1) is 6.92. The molecule has 0 aliphatic heterocycles. The summed E-state index contributed by atoms with van der Waals surface area (Å²) in [6.45, 7) is 2.07. The van der Waals surface area contributed by atoms with Crippen LogP contribution in [0.1, 0.15) is 11.8 Å². The molecule has 0 fully saturated rings. The summed E-state index contributed by atoms with van der Waals surface area (Å²) >= 11 is 1.61. The van der Waals surface area contributed by atoms with Crippen LogP contribution >= 0.6 is 11.3 Å². The van der Waals surface area contributed by atoms with Gasteiger partial charge in [0.2, 0.25) is 0 Å². The molecule has 0 saturated carbocycles. The van der Waals surface area contributed by atoms with Crippen LogP contribution in [0.25, 0.3) is 0 Å². The predicted octanol–water partition coefficient (Wildman–Crippen LogP) is 1.02. The Kier molecular flexibility index (Phi) is 3.84. The fourth-order valence-electron chi connectivity index (χ4n) is 1.32. The van der Waals surface area contributed by atoms with Gasteiger partial charge in [0.05, 0.1) is 0 Å². The molecule has 1 aromatic heterocycles. The van der Waals surface area contributed by atoms with Crippen molar-refractivity contribution in [2.24, 2.45) is 0 Å². The number of nitrogens with zero attached hydrogens (tertiary/aromatic N) is 1. The topological polar surface area (TPSA) is 60.8 Å². The quantitative estimate of drug-likeness (QED) is 0.791. The zero-order valence-corrected chi connectivity index (χ0v) is 9.62. The number of hydrogen-bond donors (Lipinski definition) is 2. The number of thiophene rings is 1. The van der Waals surface area contributed by atoms with E-state index in [0.717, 1.165) is 4.88 Å². The Bertz CT molecular complexity index is 321. The van der Waals surface area contributed by atoms with Crippen molar-refractivity contribution in [1.29, 1.82) is 0 Å². The Hall–Kier alpha value is -0.910. The summed E-state index contributed by atoms with van der Waals surface area (Å²) in [5.41, 5.74) is -1.69. The Morgan fingerprint density at radius 2 is 2.33 bits per heavy atom. The first kappa shape index (κ1) is 12.2. The zero-order valence-electron chi connectivity index (χ0n) is 8.80. The van der Waals surface area contributed by atoms with Crippen molar-refractivity contribution in [2.75, 3.05) is 13.6 Å². The fourth-order valence-corrected chi connectivity index (χ4v) is 2.10. The van der Waals surface area contributed by atoms with Crippen LogP contribution < -0.4 is 0 Å². The van der Waals surface area contributed by atoms with Gasteiger partial charge in [-0.15, -0.1) is 11.3 Å². The van der Waals surface area contributed by atoms with E-state index in [1.54, 1.807) is 23.3 Å². The molecule has 0 aromatic carbocycles. The lowest BCUT2D eigenvalue weighted by molar-refractivity contribution is -0.158. The van der Waals surface area contributed by atoms with Crippen LogP contribution in [0.15, 0.2) is 17.5 Å². The SMILES string of the molecule is CN(Cc1cccs1)CC(C)(O)C(=O)O. The van der Waals surface area contributed by atoms with E-state index in [-0.39, 0.29) is 6.54 Å². The molecule has 0 amide bonds. The van der Waals surface area contributed by atoms with Gasteiger partial charge in [-0.25, -0.2) is 4.79 Å². The van der Waals surface area contributed by atoms with Crippen molar-refractivity contribution in [2.45, 2.75) is 19.1 Å². The number of carboxylic acids is 1. The summed E-state index contributed by atoms with van der Waals surface area (Å²) in [5.74, 6) is -1.19. The van der Waals surface area contributed by atoms with Crippen LogP contribution in [-0.2, 0) is 11.3 Å². The van der Waals surface area contributed by atoms with Gasteiger partial charge in [-0.3, -0.25) is 4.90 Å². The van der Waals surface area contributed by atoms with Crippen molar-refractivity contribution in [3.63, 3.8) is 0 Å². The summed E-state index contributed by atoms with van der Waals surface area (Å²) < 4.78 is 0. The molecule has 0 aliphatic rings. The molecule has 0 aliphatic carbocycles. The molecule has 1 atom stereocenters. The van der Waals surface area contributed by atoms with Crippen LogP contribution in [0.2, 0.25) is 0 Å². The van der Waals surface area contributed by atoms with E-state index in [1.165, 1.54) is 6.92 Å². The number of rotatable bonds is 5. The minimum atomic E-state index is -1.69. The smallest absolute Gasteiger partial charge is 0.336 e. The third kappa shape index (κ3) is 3.62. The maximum Gasteiger partial charge on any atom is 0.336 e. The van der Waals surface area contributed by atoms with E-state index >= 15 is 0 Å². The molecule has 1 aromatic rings. The molecule has 84 valence electrons. The lowest BCUT2D eigenvalue weighted by Gasteiger charge is -2.24. The maximum absolute atomic E-state index is 10.7. The Morgan fingerprint density at radius 3 is 2.80 bits per heavy atom. The fraction of sp³-hybridized carbons (Fsp3) is 0.500. The standard InChI is InChI=1S/C10H15NO3S/c1-10(14,9(12)13)7-11(2)6-8-4-3-5-15-8/h3-5,14H,6-7H2,1-2H3,(H,12,13). The van der Waals surface area contributed by atoms with Gasteiger partial charge in [-0.05, 0) is 25.4 Å². The molecular weight excluding hydrogens is 214 g/mol. The minimum Gasteiger partial charge on any atom is -0.479 e. The maximum atomic E-state index is 10.7. The normalized spacial score (nSPS) is 15.2. The van der Waals surface area contributed by atoms with Gasteiger partial charge in [0.1, 0.15) is 0 Å². The van der Waals surface area contributed by atoms with E-state index < -0.39 is 11.6 Å². The monoisotopic (exact) mass is 229 g/mol. The highest BCUT2D eigenvalue weighted by atomic mass is 32.1. The highest BCUT2D eigenvalue weighted by Crippen LogP contribution is 2.13. The summed E-state index contributed by atoms with van der Waals surface area (Å²) in [6.07, 6.45) is 0. The number of carboxylic acid groups (broad SMARTS) is 1. The first-order valence-electron chi connectivity index (χ1n) is 4.58. The van der Waals surface area contributed by atoms with E-state index in [9.17, 15) is 9.90 Å². The highest BCUT2D eigenvalue weighted by Gasteiger charge is 2.31. The second-order valence-corrected chi connectivity index (χ2v) is 4.86. The molecule has 2 N–H and O–H groups in total. The van der Waals surface area contributed by atoms with E-state index in [4.69, 9.17) is 5.11 Å². The van der Waals surface area contributed by atoms with Gasteiger partial charge in [0.25, 0.3) is 0 Å². The summed E-state index contributed by atoms with van der Waals surface area (Å²) in [6, 6.07) is 3.93. The Morgan fingerprint density at radius 1 is 1.67 bits per heavy atom. The number of aliphatic carboxylic acids is 1. The van der Waals surface area contributed by atoms with Crippen molar-refractivity contribution in [3.05, 3.63) is 22.4 Å². The lowest BCUT2D eigenvalue weighted by Crippen LogP contribution is -2.45. The van der Waals surface area contributed by atoms with Gasteiger partial charge in [-0.1, -0.05) is 6.07 Å². The van der Waals surface area contributed by atoms with Gasteiger partial charge >= 0.3 is 5.97 Å². The molecular formula is C10H15NO3S. The molecule has 0 spiro atoms. The molecule has 15 heavy (non-hydrogen) atoms.